The maximum Gasteiger partial charge on any atom is 0.261 e. The lowest BCUT2D eigenvalue weighted by Crippen LogP contribution is -2.52. The van der Waals surface area contributed by atoms with Crippen LogP contribution in [0.1, 0.15) is 82.9 Å². The molecule has 1 saturated carbocycles. The van der Waals surface area contributed by atoms with Gasteiger partial charge < -0.3 is 15.0 Å². The standard InChI is InChI=1S/C30H41BrN2O3/c1-6-26(29(35)32-24-13-8-7-9-14-24)33(19-22-12-10-11-21(2)17-22)28(34)20-36-27-16-15-23(18-25(27)31)30(3,4)5/h10-12,15-18,24,26H,6-9,13-14,19-20H2,1-5H3,(H,32,35). The molecule has 6 heteroatoms. The highest BCUT2D eigenvalue weighted by Gasteiger charge is 2.30. The van der Waals surface area contributed by atoms with Crippen molar-refractivity contribution in [3.8, 4) is 5.75 Å². The zero-order valence-electron chi connectivity index (χ0n) is 22.4. The number of hydrogen-bond acceptors (Lipinski definition) is 3. The van der Waals surface area contributed by atoms with Crippen LogP contribution in [0, 0.1) is 6.92 Å². The zero-order valence-corrected chi connectivity index (χ0v) is 24.0. The Hall–Kier alpha value is -2.34. The highest BCUT2D eigenvalue weighted by atomic mass is 79.9. The minimum Gasteiger partial charge on any atom is -0.483 e. The minimum atomic E-state index is -0.546. The largest absolute Gasteiger partial charge is 0.483 e. The predicted molar refractivity (Wildman–Crippen MR) is 149 cm³/mol. The number of amides is 2. The van der Waals surface area contributed by atoms with Gasteiger partial charge in [-0.1, -0.05) is 82.9 Å². The van der Waals surface area contributed by atoms with E-state index in [9.17, 15) is 9.59 Å². The van der Waals surface area contributed by atoms with Crippen LogP contribution in [0.2, 0.25) is 0 Å². The van der Waals surface area contributed by atoms with Gasteiger partial charge in [-0.05, 0) is 70.8 Å². The van der Waals surface area contributed by atoms with Crippen molar-refractivity contribution in [2.75, 3.05) is 6.61 Å². The molecule has 1 aliphatic carbocycles. The Morgan fingerprint density at radius 1 is 1.11 bits per heavy atom. The lowest BCUT2D eigenvalue weighted by molar-refractivity contribution is -0.143. The monoisotopic (exact) mass is 556 g/mol. The van der Waals surface area contributed by atoms with Gasteiger partial charge in [-0.25, -0.2) is 0 Å². The third kappa shape index (κ3) is 7.83. The number of nitrogens with one attached hydrogen (secondary N) is 1. The van der Waals surface area contributed by atoms with Crippen LogP contribution in [0.15, 0.2) is 46.9 Å². The lowest BCUT2D eigenvalue weighted by Gasteiger charge is -2.32. The summed E-state index contributed by atoms with van der Waals surface area (Å²) >= 11 is 3.60. The van der Waals surface area contributed by atoms with E-state index in [1.54, 1.807) is 4.90 Å². The summed E-state index contributed by atoms with van der Waals surface area (Å²) in [6.07, 6.45) is 6.07. The summed E-state index contributed by atoms with van der Waals surface area (Å²) < 4.78 is 6.78. The van der Waals surface area contributed by atoms with Crippen molar-refractivity contribution in [1.82, 2.24) is 10.2 Å². The van der Waals surface area contributed by atoms with Gasteiger partial charge in [0.1, 0.15) is 11.8 Å². The van der Waals surface area contributed by atoms with E-state index < -0.39 is 6.04 Å². The molecule has 0 aromatic heterocycles. The number of hydrogen-bond donors (Lipinski definition) is 1. The van der Waals surface area contributed by atoms with Gasteiger partial charge in [0.25, 0.3) is 5.91 Å². The number of carbonyl (C=O) groups excluding carboxylic acids is 2. The molecule has 2 amide bonds. The van der Waals surface area contributed by atoms with Gasteiger partial charge in [0.15, 0.2) is 6.61 Å². The first kappa shape index (κ1) is 28.2. The predicted octanol–water partition coefficient (Wildman–Crippen LogP) is 6.69. The number of rotatable bonds is 9. The fourth-order valence-electron chi connectivity index (χ4n) is 4.78. The molecule has 1 unspecified atom stereocenters. The zero-order chi connectivity index (χ0) is 26.3. The van der Waals surface area contributed by atoms with Gasteiger partial charge >= 0.3 is 0 Å². The first-order valence-corrected chi connectivity index (χ1v) is 14.0. The molecule has 1 N–H and O–H groups in total. The topological polar surface area (TPSA) is 58.6 Å². The molecule has 1 fully saturated rings. The van der Waals surface area contributed by atoms with Crippen molar-refractivity contribution in [2.24, 2.45) is 0 Å². The summed E-state index contributed by atoms with van der Waals surface area (Å²) in [4.78, 5) is 28.6. The third-order valence-corrected chi connectivity index (χ3v) is 7.54. The van der Waals surface area contributed by atoms with Crippen LogP contribution in [0.25, 0.3) is 0 Å². The SMILES string of the molecule is CCC(C(=O)NC1CCCCC1)N(Cc1cccc(C)c1)C(=O)COc1ccc(C(C)(C)C)cc1Br. The third-order valence-electron chi connectivity index (χ3n) is 6.92. The Labute approximate surface area is 225 Å². The smallest absolute Gasteiger partial charge is 0.261 e. The van der Waals surface area contributed by atoms with Gasteiger partial charge in [0.2, 0.25) is 5.91 Å². The first-order valence-electron chi connectivity index (χ1n) is 13.2. The van der Waals surface area contributed by atoms with Crippen LogP contribution in [-0.2, 0) is 21.5 Å². The fraction of sp³-hybridized carbons (Fsp3) is 0.533. The molecule has 36 heavy (non-hydrogen) atoms. The van der Waals surface area contributed by atoms with Gasteiger partial charge in [-0.2, -0.15) is 0 Å². The molecule has 0 radical (unpaired) electrons. The van der Waals surface area contributed by atoms with Crippen LogP contribution in [0.5, 0.6) is 5.75 Å². The van der Waals surface area contributed by atoms with Crippen molar-refractivity contribution < 1.29 is 14.3 Å². The van der Waals surface area contributed by atoms with Gasteiger partial charge in [0, 0.05) is 12.6 Å². The Bertz CT molecular complexity index is 1040. The first-order chi connectivity index (χ1) is 17.1. The molecule has 3 rings (SSSR count). The van der Waals surface area contributed by atoms with Crippen molar-refractivity contribution in [3.05, 3.63) is 63.6 Å². The lowest BCUT2D eigenvalue weighted by atomic mass is 9.87. The van der Waals surface area contributed by atoms with Crippen LogP contribution >= 0.6 is 15.9 Å². The van der Waals surface area contributed by atoms with E-state index in [1.165, 1.54) is 12.0 Å². The van der Waals surface area contributed by atoms with E-state index in [0.717, 1.165) is 41.3 Å². The highest BCUT2D eigenvalue weighted by Crippen LogP contribution is 2.31. The van der Waals surface area contributed by atoms with E-state index in [0.29, 0.717) is 18.7 Å². The minimum absolute atomic E-state index is 0.0154. The van der Waals surface area contributed by atoms with Crippen LogP contribution in [-0.4, -0.2) is 35.4 Å². The van der Waals surface area contributed by atoms with Crippen molar-refractivity contribution in [2.45, 2.75) is 97.2 Å². The maximum absolute atomic E-state index is 13.5. The fourth-order valence-corrected chi connectivity index (χ4v) is 5.27. The molecule has 1 atom stereocenters. The molecule has 0 saturated heterocycles. The van der Waals surface area contributed by atoms with Crippen LogP contribution < -0.4 is 10.1 Å². The summed E-state index contributed by atoms with van der Waals surface area (Å²) in [6.45, 7) is 10.7. The summed E-state index contributed by atoms with van der Waals surface area (Å²) in [5.41, 5.74) is 3.32. The summed E-state index contributed by atoms with van der Waals surface area (Å²) in [5, 5.41) is 3.22. The Morgan fingerprint density at radius 2 is 1.83 bits per heavy atom. The second-order valence-electron chi connectivity index (χ2n) is 11.0. The van der Waals surface area contributed by atoms with Crippen LogP contribution in [0.3, 0.4) is 0 Å². The summed E-state index contributed by atoms with van der Waals surface area (Å²) in [6, 6.07) is 13.7. The number of nitrogens with zero attached hydrogens (tertiary/aromatic N) is 1. The Kier molecular flexibility index (Phi) is 10.0. The molecular formula is C30H41BrN2O3. The second kappa shape index (κ2) is 12.8. The van der Waals surface area contributed by atoms with Crippen molar-refractivity contribution >= 4 is 27.7 Å². The average molecular weight is 558 g/mol. The Balaban J connectivity index is 1.77. The molecule has 2 aromatic carbocycles. The molecule has 5 nitrogen and oxygen atoms in total. The highest BCUT2D eigenvalue weighted by molar-refractivity contribution is 9.10. The molecule has 0 bridgehead atoms. The average Bonchev–Trinajstić information content (AvgIpc) is 2.83. The van der Waals surface area contributed by atoms with E-state index in [4.69, 9.17) is 4.74 Å². The summed E-state index contributed by atoms with van der Waals surface area (Å²) in [7, 11) is 0. The maximum atomic E-state index is 13.5. The normalized spacial score (nSPS) is 15.3. The molecule has 0 spiro atoms. The van der Waals surface area contributed by atoms with Crippen molar-refractivity contribution in [3.63, 3.8) is 0 Å². The molecule has 1 aliphatic rings. The molecule has 0 aliphatic heterocycles. The number of carbonyl (C=O) groups is 2. The Morgan fingerprint density at radius 3 is 2.44 bits per heavy atom. The number of aryl methyl sites for hydroxylation is 1. The molecule has 0 heterocycles. The van der Waals surface area contributed by atoms with Gasteiger partial charge in [-0.3, -0.25) is 9.59 Å². The van der Waals surface area contributed by atoms with Gasteiger partial charge in [-0.15, -0.1) is 0 Å². The molecule has 2 aromatic rings. The van der Waals surface area contributed by atoms with E-state index in [2.05, 4.69) is 48.1 Å². The quantitative estimate of drug-likeness (QED) is 0.374. The second-order valence-corrected chi connectivity index (χ2v) is 11.8. The number of ether oxygens (including phenoxy) is 1. The van der Waals surface area contributed by atoms with E-state index in [1.807, 2.05) is 50.2 Å². The van der Waals surface area contributed by atoms with Gasteiger partial charge in [0.05, 0.1) is 4.47 Å². The number of halogens is 1. The van der Waals surface area contributed by atoms with E-state index >= 15 is 0 Å². The van der Waals surface area contributed by atoms with Crippen LogP contribution in [0.4, 0.5) is 0 Å². The number of benzene rings is 2. The summed E-state index contributed by atoms with van der Waals surface area (Å²) in [5.74, 6) is 0.349. The molecule has 196 valence electrons. The molecular weight excluding hydrogens is 516 g/mol. The van der Waals surface area contributed by atoms with E-state index in [-0.39, 0.29) is 29.9 Å². The van der Waals surface area contributed by atoms with Crippen molar-refractivity contribution in [1.29, 1.82) is 0 Å².